The van der Waals surface area contributed by atoms with Gasteiger partial charge >= 0.3 is 0 Å². The molecular weight excluding hydrogens is 390 g/mol. The Morgan fingerprint density at radius 1 is 1.16 bits per heavy atom. The highest BCUT2D eigenvalue weighted by Gasteiger charge is 2.54. The average molecular weight is 420 g/mol. The van der Waals surface area contributed by atoms with E-state index >= 15 is 0 Å². The predicted molar refractivity (Wildman–Crippen MR) is 123 cm³/mol. The molecule has 0 aliphatic heterocycles. The average Bonchev–Trinajstić information content (AvgIpc) is 3.46. The number of rotatable bonds is 8. The third kappa shape index (κ3) is 4.02. The Balaban J connectivity index is 1.53. The summed E-state index contributed by atoms with van der Waals surface area (Å²) >= 11 is 0. The summed E-state index contributed by atoms with van der Waals surface area (Å²) in [5, 5.41) is 7.37. The normalized spacial score (nSPS) is 14.2. The third-order valence-corrected chi connectivity index (χ3v) is 6.13. The molecule has 0 radical (unpaired) electrons. The Bertz CT molecular complexity index is 1080. The molecule has 1 fully saturated rings. The topological polar surface area (TPSA) is 67.6 Å². The van der Waals surface area contributed by atoms with E-state index in [1.165, 1.54) is 5.69 Å². The minimum atomic E-state index is -0.620. The van der Waals surface area contributed by atoms with Crippen molar-refractivity contribution in [1.82, 2.24) is 5.16 Å². The summed E-state index contributed by atoms with van der Waals surface area (Å²) in [6, 6.07) is 15.7. The molecule has 3 aromatic rings. The second kappa shape index (κ2) is 8.46. The lowest BCUT2D eigenvalue weighted by molar-refractivity contribution is -0.118. The van der Waals surface area contributed by atoms with Gasteiger partial charge in [0.25, 0.3) is 0 Å². The van der Waals surface area contributed by atoms with Gasteiger partial charge in [0.1, 0.15) is 5.75 Å². The number of anilines is 2. The summed E-state index contributed by atoms with van der Waals surface area (Å²) in [5.41, 5.74) is 3.98. The third-order valence-electron chi connectivity index (χ3n) is 6.13. The predicted octanol–water partition coefficient (Wildman–Crippen LogP) is 5.18. The van der Waals surface area contributed by atoms with Crippen molar-refractivity contribution < 1.29 is 14.1 Å². The molecule has 6 nitrogen and oxygen atoms in total. The Morgan fingerprint density at radius 2 is 1.94 bits per heavy atom. The second-order valence-corrected chi connectivity index (χ2v) is 8.02. The summed E-state index contributed by atoms with van der Waals surface area (Å²) in [6.45, 7) is 8.21. The maximum Gasteiger partial charge on any atom is 0.236 e. The lowest BCUT2D eigenvalue weighted by Gasteiger charge is -2.22. The molecular formula is C25H29N3O3. The molecule has 1 aliphatic rings. The van der Waals surface area contributed by atoms with Crippen LogP contribution in [0.1, 0.15) is 37.9 Å². The van der Waals surface area contributed by atoms with Crippen LogP contribution in [0, 0.1) is 6.92 Å². The second-order valence-electron chi connectivity index (χ2n) is 8.02. The molecule has 31 heavy (non-hydrogen) atoms. The maximum absolute atomic E-state index is 13.2. The van der Waals surface area contributed by atoms with Crippen LogP contribution in [0.4, 0.5) is 11.4 Å². The summed E-state index contributed by atoms with van der Waals surface area (Å²) in [4.78, 5) is 15.5. The number of amides is 1. The van der Waals surface area contributed by atoms with Gasteiger partial charge in [-0.25, -0.2) is 0 Å². The van der Waals surface area contributed by atoms with Crippen LogP contribution in [0.3, 0.4) is 0 Å². The number of methoxy groups -OCH3 is 1. The zero-order chi connectivity index (χ0) is 22.0. The molecule has 1 aliphatic carbocycles. The van der Waals surface area contributed by atoms with Crippen molar-refractivity contribution in [3.63, 3.8) is 0 Å². The maximum atomic E-state index is 13.2. The van der Waals surface area contributed by atoms with Gasteiger partial charge in [-0.1, -0.05) is 17.3 Å². The highest BCUT2D eigenvalue weighted by Crippen LogP contribution is 2.49. The smallest absolute Gasteiger partial charge is 0.236 e. The fraction of sp³-hybridized carbons (Fsp3) is 0.360. The molecule has 162 valence electrons. The van der Waals surface area contributed by atoms with E-state index in [-0.39, 0.29) is 5.91 Å². The first-order valence-corrected chi connectivity index (χ1v) is 10.8. The highest BCUT2D eigenvalue weighted by atomic mass is 16.5. The van der Waals surface area contributed by atoms with E-state index < -0.39 is 5.41 Å². The number of ether oxygens (including phenoxy) is 1. The number of aromatic nitrogens is 1. The van der Waals surface area contributed by atoms with Crippen molar-refractivity contribution in [3.05, 3.63) is 59.8 Å². The van der Waals surface area contributed by atoms with E-state index in [0.29, 0.717) is 11.5 Å². The van der Waals surface area contributed by atoms with Crippen molar-refractivity contribution in [2.24, 2.45) is 0 Å². The SMILES string of the molecule is CCN(CC)c1ccc(NC(=O)C2(c3cc(-c4cccc(OC)c4)on3)CC2)c(C)c1. The van der Waals surface area contributed by atoms with Crippen LogP contribution in [0.25, 0.3) is 11.3 Å². The first kappa shape index (κ1) is 21.0. The number of nitrogens with one attached hydrogen (secondary N) is 1. The molecule has 1 aromatic heterocycles. The van der Waals surface area contributed by atoms with E-state index in [0.717, 1.165) is 48.5 Å². The number of benzene rings is 2. The zero-order valence-electron chi connectivity index (χ0n) is 18.6. The lowest BCUT2D eigenvalue weighted by Crippen LogP contribution is -2.28. The molecule has 0 bridgehead atoms. The molecule has 1 heterocycles. The highest BCUT2D eigenvalue weighted by molar-refractivity contribution is 6.01. The number of nitrogens with zero attached hydrogens (tertiary/aromatic N) is 2. The number of hydrogen-bond acceptors (Lipinski definition) is 5. The standard InChI is InChI=1S/C25H29N3O3/c1-5-28(6-2)19-10-11-21(17(3)14-19)26-24(29)25(12-13-25)23-16-22(31-27-23)18-8-7-9-20(15-18)30-4/h7-11,14-16H,5-6,12-13H2,1-4H3,(H,26,29). The van der Waals surface area contributed by atoms with E-state index in [1.54, 1.807) is 7.11 Å². The van der Waals surface area contributed by atoms with Crippen molar-refractivity contribution >= 4 is 17.3 Å². The Labute approximate surface area is 183 Å². The molecule has 6 heteroatoms. The van der Waals surface area contributed by atoms with E-state index in [4.69, 9.17) is 9.26 Å². The van der Waals surface area contributed by atoms with E-state index in [1.807, 2.05) is 43.3 Å². The fourth-order valence-electron chi connectivity index (χ4n) is 3.95. The quantitative estimate of drug-likeness (QED) is 0.545. The van der Waals surface area contributed by atoms with E-state index in [2.05, 4.69) is 41.4 Å². The Hall–Kier alpha value is -3.28. The van der Waals surface area contributed by atoms with Gasteiger partial charge in [0.15, 0.2) is 5.76 Å². The van der Waals surface area contributed by atoms with Crippen molar-refractivity contribution in [2.45, 2.75) is 39.0 Å². The zero-order valence-corrected chi connectivity index (χ0v) is 18.6. The van der Waals surface area contributed by atoms with Crippen molar-refractivity contribution in [1.29, 1.82) is 0 Å². The minimum absolute atomic E-state index is 0.0309. The van der Waals surface area contributed by atoms with Crippen LogP contribution in [-0.4, -0.2) is 31.3 Å². The minimum Gasteiger partial charge on any atom is -0.497 e. The van der Waals surface area contributed by atoms with Gasteiger partial charge in [0, 0.05) is 36.1 Å². The summed E-state index contributed by atoms with van der Waals surface area (Å²) in [6.07, 6.45) is 1.53. The van der Waals surface area contributed by atoms with Crippen LogP contribution >= 0.6 is 0 Å². The summed E-state index contributed by atoms with van der Waals surface area (Å²) < 4.78 is 10.9. The van der Waals surface area contributed by atoms with Crippen LogP contribution in [0.5, 0.6) is 5.75 Å². The first-order valence-electron chi connectivity index (χ1n) is 10.8. The Kier molecular flexibility index (Phi) is 5.72. The molecule has 0 saturated heterocycles. The number of carbonyl (C=O) groups excluding carboxylic acids is 1. The van der Waals surface area contributed by atoms with Gasteiger partial charge in [0.2, 0.25) is 5.91 Å². The van der Waals surface area contributed by atoms with Crippen molar-refractivity contribution in [2.75, 3.05) is 30.4 Å². The Morgan fingerprint density at radius 3 is 2.58 bits per heavy atom. The van der Waals surface area contributed by atoms with Gasteiger partial charge in [-0.15, -0.1) is 0 Å². The van der Waals surface area contributed by atoms with Gasteiger partial charge in [-0.05, 0) is 69.5 Å². The van der Waals surface area contributed by atoms with Gasteiger partial charge in [0.05, 0.1) is 18.2 Å². The molecule has 2 aromatic carbocycles. The summed E-state index contributed by atoms with van der Waals surface area (Å²) in [5.74, 6) is 1.35. The van der Waals surface area contributed by atoms with Crippen LogP contribution < -0.4 is 15.0 Å². The van der Waals surface area contributed by atoms with Gasteiger partial charge < -0.3 is 19.5 Å². The number of hydrogen-bond donors (Lipinski definition) is 1. The molecule has 0 spiro atoms. The van der Waals surface area contributed by atoms with Crippen LogP contribution in [-0.2, 0) is 10.2 Å². The van der Waals surface area contributed by atoms with E-state index in [9.17, 15) is 4.79 Å². The molecule has 1 saturated carbocycles. The number of carbonyl (C=O) groups is 1. The monoisotopic (exact) mass is 419 g/mol. The fourth-order valence-corrected chi connectivity index (χ4v) is 3.95. The van der Waals surface area contributed by atoms with Crippen LogP contribution in [0.15, 0.2) is 53.1 Å². The molecule has 1 N–H and O–H groups in total. The van der Waals surface area contributed by atoms with Gasteiger partial charge in [-0.2, -0.15) is 0 Å². The molecule has 4 rings (SSSR count). The largest absolute Gasteiger partial charge is 0.497 e. The lowest BCUT2D eigenvalue weighted by atomic mass is 9.99. The summed E-state index contributed by atoms with van der Waals surface area (Å²) in [7, 11) is 1.63. The molecule has 1 amide bonds. The number of aryl methyl sites for hydroxylation is 1. The molecule has 0 unspecified atom stereocenters. The first-order chi connectivity index (χ1) is 15.0. The van der Waals surface area contributed by atoms with Crippen LogP contribution in [0.2, 0.25) is 0 Å². The molecule has 0 atom stereocenters. The van der Waals surface area contributed by atoms with Gasteiger partial charge in [-0.3, -0.25) is 4.79 Å². The van der Waals surface area contributed by atoms with Crippen molar-refractivity contribution in [3.8, 4) is 17.1 Å².